The van der Waals surface area contributed by atoms with E-state index in [1.165, 1.54) is 0 Å². The second-order valence-electron chi connectivity index (χ2n) is 12.0. The summed E-state index contributed by atoms with van der Waals surface area (Å²) in [6, 6.07) is 38.6. The minimum Gasteiger partial charge on any atom is -0.399 e. The molecule has 0 atom stereocenters. The number of carbonyl (C=O) groups is 4. The van der Waals surface area contributed by atoms with E-state index in [1.54, 1.807) is 109 Å². The molecule has 0 radical (unpaired) electrons. The quantitative estimate of drug-likeness (QED) is 0.101. The van der Waals surface area contributed by atoms with Gasteiger partial charge in [-0.3, -0.25) is 19.2 Å². The molecule has 0 saturated carbocycles. The van der Waals surface area contributed by atoms with Gasteiger partial charge in [0.2, 0.25) is 0 Å². The largest absolute Gasteiger partial charge is 0.399 e. The lowest BCUT2D eigenvalue weighted by atomic mass is 9.97. The number of benzene rings is 6. The van der Waals surface area contributed by atoms with E-state index in [9.17, 15) is 19.2 Å². The highest BCUT2D eigenvalue weighted by Crippen LogP contribution is 2.36. The van der Waals surface area contributed by atoms with Gasteiger partial charge in [-0.15, -0.1) is 0 Å². The standard InChI is InChI=1S/C40H28N6O4/c41-25-3-7-27(8-4-25)43-29-11-15-31(16-12-29)45-37(47)33-19-1-23(21-35(33)39(45)49)24-2-20-34-36(22-24)40(50)46(38(34)48)32-17-13-30(14-18-32)44-28-9-5-26(42)6-10-28/h1-22,43-44H,41-42H2. The molecule has 6 aromatic rings. The van der Waals surface area contributed by atoms with Crippen LogP contribution in [0.25, 0.3) is 11.1 Å². The van der Waals surface area contributed by atoms with Crippen LogP contribution in [0.2, 0.25) is 0 Å². The number of anilines is 8. The van der Waals surface area contributed by atoms with E-state index in [2.05, 4.69) is 10.6 Å². The van der Waals surface area contributed by atoms with Crippen molar-refractivity contribution in [1.82, 2.24) is 0 Å². The number of carbonyl (C=O) groups excluding carboxylic acids is 4. The van der Waals surface area contributed by atoms with Crippen molar-refractivity contribution in [2.75, 3.05) is 31.9 Å². The summed E-state index contributed by atoms with van der Waals surface area (Å²) in [4.78, 5) is 56.2. The number of fused-ring (bicyclic) bond motifs is 2. The molecule has 8 rings (SSSR count). The molecule has 10 nitrogen and oxygen atoms in total. The zero-order valence-corrected chi connectivity index (χ0v) is 26.4. The molecule has 0 unspecified atom stereocenters. The Bertz CT molecular complexity index is 2180. The SMILES string of the molecule is Nc1ccc(Nc2ccc(N3C(=O)c4ccc(-c5ccc6c(c5)C(=O)N(c5ccc(Nc7ccc(N)cc7)cc5)C6=O)cc4C3=O)cc2)cc1. The van der Waals surface area contributed by atoms with Gasteiger partial charge in [-0.2, -0.15) is 0 Å². The van der Waals surface area contributed by atoms with Crippen LogP contribution in [-0.2, 0) is 0 Å². The first-order chi connectivity index (χ1) is 24.2. The van der Waals surface area contributed by atoms with Crippen LogP contribution in [0.5, 0.6) is 0 Å². The number of amides is 4. The van der Waals surface area contributed by atoms with Crippen LogP contribution in [0.1, 0.15) is 41.4 Å². The summed E-state index contributed by atoms with van der Waals surface area (Å²) < 4.78 is 0. The lowest BCUT2D eigenvalue weighted by Crippen LogP contribution is -2.29. The van der Waals surface area contributed by atoms with Gasteiger partial charge in [0.25, 0.3) is 23.6 Å². The Labute approximate surface area is 286 Å². The van der Waals surface area contributed by atoms with E-state index in [1.807, 2.05) is 24.3 Å². The van der Waals surface area contributed by atoms with Gasteiger partial charge < -0.3 is 22.1 Å². The van der Waals surface area contributed by atoms with Crippen LogP contribution in [0, 0.1) is 0 Å². The third-order valence-corrected chi connectivity index (χ3v) is 8.76. The molecule has 0 aliphatic carbocycles. The highest BCUT2D eigenvalue weighted by molar-refractivity contribution is 6.35. The van der Waals surface area contributed by atoms with Crippen LogP contribution in [0.4, 0.5) is 45.5 Å². The van der Waals surface area contributed by atoms with Gasteiger partial charge in [0, 0.05) is 34.1 Å². The monoisotopic (exact) mass is 656 g/mol. The lowest BCUT2D eigenvalue weighted by molar-refractivity contribution is 0.0910. The molecule has 0 bridgehead atoms. The molecule has 2 aliphatic rings. The Kier molecular flexibility index (Phi) is 7.11. The summed E-state index contributed by atoms with van der Waals surface area (Å²) in [6.45, 7) is 0. The number of nitrogens with one attached hydrogen (secondary N) is 2. The van der Waals surface area contributed by atoms with Crippen molar-refractivity contribution in [2.45, 2.75) is 0 Å². The van der Waals surface area contributed by atoms with Crippen molar-refractivity contribution in [3.8, 4) is 11.1 Å². The molecule has 4 amide bonds. The van der Waals surface area contributed by atoms with Gasteiger partial charge in [0.1, 0.15) is 0 Å². The third-order valence-electron chi connectivity index (χ3n) is 8.76. The summed E-state index contributed by atoms with van der Waals surface area (Å²) in [7, 11) is 0. The Morgan fingerprint density at radius 3 is 1.00 bits per heavy atom. The molecule has 0 fully saturated rings. The smallest absolute Gasteiger partial charge is 0.266 e. The van der Waals surface area contributed by atoms with Crippen molar-refractivity contribution in [1.29, 1.82) is 0 Å². The lowest BCUT2D eigenvalue weighted by Gasteiger charge is -2.15. The van der Waals surface area contributed by atoms with Crippen LogP contribution < -0.4 is 31.9 Å². The molecular weight excluding hydrogens is 628 g/mol. The van der Waals surface area contributed by atoms with Gasteiger partial charge in [0.05, 0.1) is 33.6 Å². The maximum atomic E-state index is 13.6. The van der Waals surface area contributed by atoms with Crippen molar-refractivity contribution in [2.24, 2.45) is 0 Å². The molecule has 242 valence electrons. The Hall–Kier alpha value is -7.20. The zero-order valence-electron chi connectivity index (χ0n) is 26.4. The second kappa shape index (κ2) is 11.8. The predicted molar refractivity (Wildman–Crippen MR) is 195 cm³/mol. The summed E-state index contributed by atoms with van der Waals surface area (Å²) in [5, 5.41) is 6.53. The summed E-state index contributed by atoms with van der Waals surface area (Å²) >= 11 is 0. The van der Waals surface area contributed by atoms with E-state index >= 15 is 0 Å². The average Bonchev–Trinajstić information content (AvgIpc) is 3.54. The molecule has 50 heavy (non-hydrogen) atoms. The van der Waals surface area contributed by atoms with Crippen molar-refractivity contribution in [3.63, 3.8) is 0 Å². The number of imide groups is 2. The minimum atomic E-state index is -0.445. The molecule has 2 heterocycles. The van der Waals surface area contributed by atoms with Crippen molar-refractivity contribution in [3.05, 3.63) is 156 Å². The summed E-state index contributed by atoms with van der Waals surface area (Å²) in [5.41, 5.74) is 19.4. The molecule has 0 saturated heterocycles. The van der Waals surface area contributed by atoms with E-state index < -0.39 is 23.6 Å². The third kappa shape index (κ3) is 5.26. The number of nitrogens with zero attached hydrogens (tertiary/aromatic N) is 2. The van der Waals surface area contributed by atoms with E-state index in [0.717, 1.165) is 32.5 Å². The van der Waals surface area contributed by atoms with Gasteiger partial charge in [-0.25, -0.2) is 9.80 Å². The van der Waals surface area contributed by atoms with E-state index in [4.69, 9.17) is 11.5 Å². The molecule has 6 N–H and O–H groups in total. The normalized spacial score (nSPS) is 13.4. The molecule has 10 heteroatoms. The summed E-state index contributed by atoms with van der Waals surface area (Å²) in [6.07, 6.45) is 0. The number of hydrogen-bond donors (Lipinski definition) is 4. The number of hydrogen-bond acceptors (Lipinski definition) is 8. The first-order valence-electron chi connectivity index (χ1n) is 15.7. The van der Waals surface area contributed by atoms with E-state index in [0.29, 0.717) is 33.9 Å². The van der Waals surface area contributed by atoms with Crippen molar-refractivity contribution >= 4 is 69.1 Å². The molecule has 6 aromatic carbocycles. The topological polar surface area (TPSA) is 151 Å². The fourth-order valence-corrected chi connectivity index (χ4v) is 6.16. The Morgan fingerprint density at radius 1 is 0.360 bits per heavy atom. The highest BCUT2D eigenvalue weighted by atomic mass is 16.2. The minimum absolute atomic E-state index is 0.258. The van der Waals surface area contributed by atoms with Crippen LogP contribution in [0.3, 0.4) is 0 Å². The van der Waals surface area contributed by atoms with Crippen LogP contribution in [0.15, 0.2) is 133 Å². The molecule has 2 aliphatic heterocycles. The highest BCUT2D eigenvalue weighted by Gasteiger charge is 2.38. The van der Waals surface area contributed by atoms with Crippen molar-refractivity contribution < 1.29 is 19.2 Å². The maximum absolute atomic E-state index is 13.6. The second-order valence-corrected chi connectivity index (χ2v) is 12.0. The first kappa shape index (κ1) is 30.2. The van der Waals surface area contributed by atoms with Gasteiger partial charge in [0.15, 0.2) is 0 Å². The molecule has 0 aromatic heterocycles. The van der Waals surface area contributed by atoms with Gasteiger partial charge in [-0.1, -0.05) is 12.1 Å². The Balaban J connectivity index is 1.00. The fraction of sp³-hybridized carbons (Fsp3) is 0. The first-order valence-corrected chi connectivity index (χ1v) is 15.7. The number of nitrogen functional groups attached to an aromatic ring is 2. The van der Waals surface area contributed by atoms with Gasteiger partial charge in [-0.05, 0) is 132 Å². The number of rotatable bonds is 7. The maximum Gasteiger partial charge on any atom is 0.266 e. The molecular formula is C40H28N6O4. The molecule has 0 spiro atoms. The zero-order chi connectivity index (χ0) is 34.5. The number of nitrogens with two attached hydrogens (primary N) is 2. The van der Waals surface area contributed by atoms with E-state index in [-0.39, 0.29) is 22.3 Å². The Morgan fingerprint density at radius 2 is 0.660 bits per heavy atom. The average molecular weight is 657 g/mol. The summed E-state index contributed by atoms with van der Waals surface area (Å²) in [5.74, 6) is -1.73. The predicted octanol–water partition coefficient (Wildman–Crippen LogP) is 7.61. The van der Waals surface area contributed by atoms with Crippen LogP contribution >= 0.6 is 0 Å². The van der Waals surface area contributed by atoms with Crippen LogP contribution in [-0.4, -0.2) is 23.6 Å². The fourth-order valence-electron chi connectivity index (χ4n) is 6.16. The van der Waals surface area contributed by atoms with Gasteiger partial charge >= 0.3 is 0 Å².